The summed E-state index contributed by atoms with van der Waals surface area (Å²) in [6.45, 7) is 3.58. The minimum Gasteiger partial charge on any atom is -0.440 e. The molecule has 1 aliphatic carbocycles. The lowest BCUT2D eigenvalue weighted by molar-refractivity contribution is -0.125. The molecule has 0 bridgehead atoms. The van der Waals surface area contributed by atoms with Crippen LogP contribution in [0.2, 0.25) is 0 Å². The van der Waals surface area contributed by atoms with E-state index in [-0.39, 0.29) is 24.3 Å². The van der Waals surface area contributed by atoms with Crippen LogP contribution in [0.15, 0.2) is 22.6 Å². The van der Waals surface area contributed by atoms with Gasteiger partial charge in [-0.3, -0.25) is 9.59 Å². The van der Waals surface area contributed by atoms with Crippen molar-refractivity contribution in [3.63, 3.8) is 0 Å². The fraction of sp³-hybridized carbons (Fsp3) is 0.471. The Balaban J connectivity index is 1.57. The molecule has 0 spiro atoms. The van der Waals surface area contributed by atoms with Crippen molar-refractivity contribution in [2.45, 2.75) is 38.6 Å². The van der Waals surface area contributed by atoms with E-state index in [9.17, 15) is 9.59 Å². The van der Waals surface area contributed by atoms with Crippen LogP contribution in [0.3, 0.4) is 0 Å². The number of oxazole rings is 1. The van der Waals surface area contributed by atoms with E-state index in [1.54, 1.807) is 12.1 Å². The molecule has 7 heteroatoms. The second-order valence-corrected chi connectivity index (χ2v) is 6.54. The quantitative estimate of drug-likeness (QED) is 0.747. The van der Waals surface area contributed by atoms with Crippen LogP contribution in [0.5, 0.6) is 0 Å². The van der Waals surface area contributed by atoms with E-state index in [0.717, 1.165) is 24.2 Å². The van der Waals surface area contributed by atoms with Crippen LogP contribution < -0.4 is 16.4 Å². The first-order valence-electron chi connectivity index (χ1n) is 8.17. The lowest BCUT2D eigenvalue weighted by Gasteiger charge is -2.15. The van der Waals surface area contributed by atoms with Gasteiger partial charge in [-0.15, -0.1) is 0 Å². The summed E-state index contributed by atoms with van der Waals surface area (Å²) in [6, 6.07) is 4.70. The van der Waals surface area contributed by atoms with E-state index in [1.165, 1.54) is 0 Å². The predicted octanol–water partition coefficient (Wildman–Crippen LogP) is 1.74. The number of carbonyl (C=O) groups excluding carboxylic acids is 2. The molecule has 0 radical (unpaired) electrons. The molecule has 1 heterocycles. The molecule has 24 heavy (non-hydrogen) atoms. The molecule has 0 unspecified atom stereocenters. The second-order valence-electron chi connectivity index (χ2n) is 6.54. The van der Waals surface area contributed by atoms with Gasteiger partial charge in [-0.25, -0.2) is 4.98 Å². The Morgan fingerprint density at radius 2 is 2.12 bits per heavy atom. The molecule has 0 saturated heterocycles. The Kier molecular flexibility index (Phi) is 4.53. The normalized spacial score (nSPS) is 15.5. The number of anilines is 1. The van der Waals surface area contributed by atoms with Crippen molar-refractivity contribution in [1.29, 1.82) is 0 Å². The fourth-order valence-corrected chi connectivity index (χ4v) is 2.32. The number of fused-ring (bicyclic) bond motifs is 1. The Morgan fingerprint density at radius 3 is 2.79 bits per heavy atom. The summed E-state index contributed by atoms with van der Waals surface area (Å²) in [5.41, 5.74) is 7.77. The number of hydrogen-bond donors (Lipinski definition) is 3. The average Bonchev–Trinajstić information content (AvgIpc) is 3.31. The smallest absolute Gasteiger partial charge is 0.243 e. The summed E-state index contributed by atoms with van der Waals surface area (Å²) in [5.74, 6) is 0.572. The fourth-order valence-electron chi connectivity index (χ4n) is 2.32. The van der Waals surface area contributed by atoms with Gasteiger partial charge >= 0.3 is 0 Å². The van der Waals surface area contributed by atoms with Gasteiger partial charge in [-0.1, -0.05) is 13.8 Å². The largest absolute Gasteiger partial charge is 0.440 e. The minimum atomic E-state index is -0.621. The number of amides is 2. The highest BCUT2D eigenvalue weighted by Gasteiger charge is 2.28. The Labute approximate surface area is 140 Å². The summed E-state index contributed by atoms with van der Waals surface area (Å²) in [4.78, 5) is 28.1. The summed E-state index contributed by atoms with van der Waals surface area (Å²) in [7, 11) is 0. The standard InChI is InChI=1S/C17H22N4O3/c1-9(2)15(18)16(23)19-8-14(22)20-11-5-6-12-13(7-11)24-17(21-12)10-3-4-10/h5-7,9-10,15H,3-4,8,18H2,1-2H3,(H,19,23)(H,20,22)/t15-/m0/s1. The van der Waals surface area contributed by atoms with Crippen molar-refractivity contribution in [2.75, 3.05) is 11.9 Å². The van der Waals surface area contributed by atoms with E-state index < -0.39 is 6.04 Å². The van der Waals surface area contributed by atoms with Gasteiger partial charge in [-0.05, 0) is 30.9 Å². The molecule has 2 amide bonds. The van der Waals surface area contributed by atoms with Crippen LogP contribution in [0.25, 0.3) is 11.1 Å². The number of nitrogens with two attached hydrogens (primary N) is 1. The summed E-state index contributed by atoms with van der Waals surface area (Å²) in [5, 5.41) is 5.27. The first-order chi connectivity index (χ1) is 11.4. The van der Waals surface area contributed by atoms with Gasteiger partial charge in [0.2, 0.25) is 11.8 Å². The highest BCUT2D eigenvalue weighted by atomic mass is 16.3. The molecule has 1 fully saturated rings. The number of rotatable bonds is 6. The van der Waals surface area contributed by atoms with Gasteiger partial charge in [0.1, 0.15) is 5.52 Å². The molecule has 1 aliphatic rings. The topological polar surface area (TPSA) is 110 Å². The van der Waals surface area contributed by atoms with Gasteiger partial charge in [0.15, 0.2) is 11.5 Å². The van der Waals surface area contributed by atoms with Crippen molar-refractivity contribution in [3.8, 4) is 0 Å². The average molecular weight is 330 g/mol. The number of nitrogens with zero attached hydrogens (tertiary/aromatic N) is 1. The van der Waals surface area contributed by atoms with Crippen LogP contribution in [-0.4, -0.2) is 29.4 Å². The predicted molar refractivity (Wildman–Crippen MR) is 90.4 cm³/mol. The van der Waals surface area contributed by atoms with Gasteiger partial charge < -0.3 is 20.8 Å². The maximum atomic E-state index is 12.0. The molecule has 1 aromatic carbocycles. The van der Waals surface area contributed by atoms with Crippen LogP contribution in [0, 0.1) is 5.92 Å². The van der Waals surface area contributed by atoms with Gasteiger partial charge in [0.25, 0.3) is 0 Å². The summed E-state index contributed by atoms with van der Waals surface area (Å²) < 4.78 is 5.72. The van der Waals surface area contributed by atoms with Crippen LogP contribution in [-0.2, 0) is 9.59 Å². The Morgan fingerprint density at radius 1 is 1.38 bits per heavy atom. The number of benzene rings is 1. The first-order valence-corrected chi connectivity index (χ1v) is 8.17. The number of aromatic nitrogens is 1. The third-order valence-electron chi connectivity index (χ3n) is 4.06. The van der Waals surface area contributed by atoms with Crippen molar-refractivity contribution < 1.29 is 14.0 Å². The van der Waals surface area contributed by atoms with Crippen LogP contribution in [0.1, 0.15) is 38.5 Å². The zero-order valence-electron chi connectivity index (χ0n) is 13.8. The molecule has 1 saturated carbocycles. The maximum absolute atomic E-state index is 12.0. The van der Waals surface area contributed by atoms with E-state index in [4.69, 9.17) is 10.2 Å². The number of nitrogens with one attached hydrogen (secondary N) is 2. The highest BCUT2D eigenvalue weighted by molar-refractivity contribution is 5.96. The van der Waals surface area contributed by atoms with E-state index in [1.807, 2.05) is 19.9 Å². The molecule has 128 valence electrons. The molecule has 1 aromatic heterocycles. The summed E-state index contributed by atoms with van der Waals surface area (Å²) in [6.07, 6.45) is 2.24. The third-order valence-corrected chi connectivity index (χ3v) is 4.06. The zero-order valence-corrected chi connectivity index (χ0v) is 13.8. The number of hydrogen-bond acceptors (Lipinski definition) is 5. The zero-order chi connectivity index (χ0) is 17.3. The van der Waals surface area contributed by atoms with E-state index >= 15 is 0 Å². The van der Waals surface area contributed by atoms with Crippen molar-refractivity contribution in [3.05, 3.63) is 24.1 Å². The minimum absolute atomic E-state index is 0.0163. The Hall–Kier alpha value is -2.41. The maximum Gasteiger partial charge on any atom is 0.243 e. The third kappa shape index (κ3) is 3.73. The summed E-state index contributed by atoms with van der Waals surface area (Å²) >= 11 is 0. The Bertz CT molecular complexity index is 764. The molecule has 2 aromatic rings. The SMILES string of the molecule is CC(C)[C@H](N)C(=O)NCC(=O)Nc1ccc2nc(C3CC3)oc2c1. The molecular formula is C17H22N4O3. The lowest BCUT2D eigenvalue weighted by atomic mass is 10.1. The number of carbonyl (C=O) groups is 2. The van der Waals surface area contributed by atoms with E-state index in [2.05, 4.69) is 15.6 Å². The first kappa shape index (κ1) is 16.4. The molecule has 7 nitrogen and oxygen atoms in total. The second kappa shape index (κ2) is 6.60. The lowest BCUT2D eigenvalue weighted by Crippen LogP contribution is -2.46. The molecule has 4 N–H and O–H groups in total. The molecule has 0 aliphatic heterocycles. The monoisotopic (exact) mass is 330 g/mol. The molecule has 3 rings (SSSR count). The highest BCUT2D eigenvalue weighted by Crippen LogP contribution is 2.40. The van der Waals surface area contributed by atoms with Crippen molar-refractivity contribution in [2.24, 2.45) is 11.7 Å². The van der Waals surface area contributed by atoms with Gasteiger partial charge in [-0.2, -0.15) is 0 Å². The van der Waals surface area contributed by atoms with Gasteiger partial charge in [0.05, 0.1) is 12.6 Å². The molecular weight excluding hydrogens is 308 g/mol. The van der Waals surface area contributed by atoms with Crippen molar-refractivity contribution >= 4 is 28.6 Å². The van der Waals surface area contributed by atoms with Gasteiger partial charge in [0, 0.05) is 17.7 Å². The van der Waals surface area contributed by atoms with E-state index in [0.29, 0.717) is 17.2 Å². The molecule has 1 atom stereocenters. The van der Waals surface area contributed by atoms with Crippen LogP contribution in [0.4, 0.5) is 5.69 Å². The van der Waals surface area contributed by atoms with Crippen molar-refractivity contribution in [1.82, 2.24) is 10.3 Å². The van der Waals surface area contributed by atoms with Crippen LogP contribution >= 0.6 is 0 Å².